The van der Waals surface area contributed by atoms with Crippen molar-refractivity contribution in [1.82, 2.24) is 4.98 Å². The number of rotatable bonds is 10. The van der Waals surface area contributed by atoms with Crippen LogP contribution in [0.25, 0.3) is 0 Å². The van der Waals surface area contributed by atoms with Crippen LogP contribution in [0, 0.1) is 6.92 Å². The van der Waals surface area contributed by atoms with Crippen molar-refractivity contribution < 1.29 is 0 Å². The minimum Gasteiger partial charge on any atom is -0.369 e. The SMILES string of the molecule is CCCCCCCCCCNc1csc(C)n1. The number of anilines is 1. The van der Waals surface area contributed by atoms with Crippen LogP contribution in [0.15, 0.2) is 5.38 Å². The third-order valence-electron chi connectivity index (χ3n) is 2.96. The fourth-order valence-corrected chi connectivity index (χ4v) is 2.49. The Morgan fingerprint density at radius 1 is 1.06 bits per heavy atom. The first-order chi connectivity index (χ1) is 8.33. The number of hydrogen-bond acceptors (Lipinski definition) is 3. The summed E-state index contributed by atoms with van der Waals surface area (Å²) in [5, 5.41) is 6.62. The maximum Gasteiger partial charge on any atom is 0.137 e. The van der Waals surface area contributed by atoms with Crippen LogP contribution >= 0.6 is 11.3 Å². The van der Waals surface area contributed by atoms with Crippen molar-refractivity contribution in [3.8, 4) is 0 Å². The zero-order chi connectivity index (χ0) is 12.3. The molecule has 1 heterocycles. The van der Waals surface area contributed by atoms with Crippen LogP contribution in [0.2, 0.25) is 0 Å². The second kappa shape index (κ2) is 9.46. The van der Waals surface area contributed by atoms with Crippen LogP contribution in [0.5, 0.6) is 0 Å². The van der Waals surface area contributed by atoms with Crippen LogP contribution in [0.3, 0.4) is 0 Å². The lowest BCUT2D eigenvalue weighted by molar-refractivity contribution is 0.581. The van der Waals surface area contributed by atoms with Crippen LogP contribution in [-0.4, -0.2) is 11.5 Å². The van der Waals surface area contributed by atoms with Crippen molar-refractivity contribution in [2.24, 2.45) is 0 Å². The summed E-state index contributed by atoms with van der Waals surface area (Å²) in [7, 11) is 0. The van der Waals surface area contributed by atoms with E-state index in [0.29, 0.717) is 0 Å². The van der Waals surface area contributed by atoms with Crippen LogP contribution in [-0.2, 0) is 0 Å². The molecule has 0 saturated heterocycles. The molecule has 2 nitrogen and oxygen atoms in total. The van der Waals surface area contributed by atoms with Crippen molar-refractivity contribution in [2.75, 3.05) is 11.9 Å². The molecule has 0 amide bonds. The number of hydrogen-bond donors (Lipinski definition) is 1. The predicted octanol–water partition coefficient (Wildman–Crippen LogP) is 5.00. The van der Waals surface area contributed by atoms with Gasteiger partial charge >= 0.3 is 0 Å². The van der Waals surface area contributed by atoms with E-state index in [0.717, 1.165) is 17.4 Å². The Kier molecular flexibility index (Phi) is 8.06. The number of nitrogens with one attached hydrogen (secondary N) is 1. The average molecular weight is 254 g/mol. The molecule has 1 rings (SSSR count). The number of aromatic nitrogens is 1. The third kappa shape index (κ3) is 7.37. The first kappa shape index (κ1) is 14.5. The first-order valence-electron chi connectivity index (χ1n) is 6.99. The number of aryl methyl sites for hydroxylation is 1. The molecule has 3 heteroatoms. The van der Waals surface area contributed by atoms with E-state index >= 15 is 0 Å². The molecule has 1 aromatic heterocycles. The van der Waals surface area contributed by atoms with Crippen LogP contribution in [0.1, 0.15) is 63.3 Å². The summed E-state index contributed by atoms with van der Waals surface area (Å²) in [4.78, 5) is 4.39. The van der Waals surface area contributed by atoms with Gasteiger partial charge in [-0.2, -0.15) is 0 Å². The minimum absolute atomic E-state index is 1.05. The summed E-state index contributed by atoms with van der Waals surface area (Å²) in [5.74, 6) is 1.05. The molecule has 0 bridgehead atoms. The normalized spacial score (nSPS) is 10.7. The molecule has 0 fully saturated rings. The maximum absolute atomic E-state index is 4.39. The van der Waals surface area contributed by atoms with Gasteiger partial charge in [-0.3, -0.25) is 0 Å². The average Bonchev–Trinajstić information content (AvgIpc) is 2.73. The molecule has 1 aromatic rings. The summed E-state index contributed by atoms with van der Waals surface area (Å²) in [6.07, 6.45) is 11.0. The van der Waals surface area contributed by atoms with Gasteiger partial charge in [0.05, 0.1) is 5.01 Å². The van der Waals surface area contributed by atoms with Crippen LogP contribution in [0.4, 0.5) is 5.82 Å². The molecular formula is C14H26N2S. The Labute approximate surface area is 110 Å². The topological polar surface area (TPSA) is 24.9 Å². The van der Waals surface area contributed by atoms with Crippen molar-refractivity contribution in [2.45, 2.75) is 65.2 Å². The maximum atomic E-state index is 4.39. The summed E-state index contributed by atoms with van der Waals surface area (Å²) in [6, 6.07) is 0. The fourth-order valence-electron chi connectivity index (χ4n) is 1.92. The lowest BCUT2D eigenvalue weighted by Gasteiger charge is -2.03. The molecule has 0 atom stereocenters. The monoisotopic (exact) mass is 254 g/mol. The molecular weight excluding hydrogens is 228 g/mol. The van der Waals surface area contributed by atoms with Gasteiger partial charge in [-0.15, -0.1) is 11.3 Å². The molecule has 98 valence electrons. The van der Waals surface area contributed by atoms with Gasteiger partial charge in [-0.1, -0.05) is 51.9 Å². The molecule has 0 aliphatic rings. The quantitative estimate of drug-likeness (QED) is 0.594. The zero-order valence-electron chi connectivity index (χ0n) is 11.3. The molecule has 0 aliphatic carbocycles. The van der Waals surface area contributed by atoms with E-state index in [4.69, 9.17) is 0 Å². The minimum atomic E-state index is 1.05. The van der Waals surface area contributed by atoms with Gasteiger partial charge in [-0.25, -0.2) is 4.98 Å². The van der Waals surface area contributed by atoms with Crippen molar-refractivity contribution in [3.63, 3.8) is 0 Å². The number of unbranched alkanes of at least 4 members (excludes halogenated alkanes) is 7. The predicted molar refractivity (Wildman–Crippen MR) is 78.0 cm³/mol. The summed E-state index contributed by atoms with van der Waals surface area (Å²) < 4.78 is 0. The molecule has 0 radical (unpaired) electrons. The van der Waals surface area contributed by atoms with E-state index in [-0.39, 0.29) is 0 Å². The molecule has 0 spiro atoms. The highest BCUT2D eigenvalue weighted by molar-refractivity contribution is 7.09. The summed E-state index contributed by atoms with van der Waals surface area (Å²) in [5.41, 5.74) is 0. The fraction of sp³-hybridized carbons (Fsp3) is 0.786. The Hall–Kier alpha value is -0.570. The van der Waals surface area contributed by atoms with Crippen molar-refractivity contribution in [3.05, 3.63) is 10.4 Å². The van der Waals surface area contributed by atoms with E-state index in [1.807, 2.05) is 6.92 Å². The second-order valence-electron chi connectivity index (χ2n) is 4.65. The van der Waals surface area contributed by atoms with Crippen molar-refractivity contribution in [1.29, 1.82) is 0 Å². The highest BCUT2D eigenvalue weighted by atomic mass is 32.1. The highest BCUT2D eigenvalue weighted by Gasteiger charge is 1.96. The Balaban J connectivity index is 1.84. The lowest BCUT2D eigenvalue weighted by Crippen LogP contribution is -2.01. The zero-order valence-corrected chi connectivity index (χ0v) is 12.1. The largest absolute Gasteiger partial charge is 0.369 e. The van der Waals surface area contributed by atoms with E-state index in [1.165, 1.54) is 51.4 Å². The van der Waals surface area contributed by atoms with Gasteiger partial charge < -0.3 is 5.32 Å². The molecule has 0 saturated carbocycles. The Morgan fingerprint density at radius 3 is 2.29 bits per heavy atom. The van der Waals surface area contributed by atoms with E-state index in [2.05, 4.69) is 22.6 Å². The van der Waals surface area contributed by atoms with Gasteiger partial charge in [0.2, 0.25) is 0 Å². The van der Waals surface area contributed by atoms with E-state index in [9.17, 15) is 0 Å². The van der Waals surface area contributed by atoms with Gasteiger partial charge in [-0.05, 0) is 13.3 Å². The summed E-state index contributed by atoms with van der Waals surface area (Å²) in [6.45, 7) is 5.39. The molecule has 0 unspecified atom stereocenters. The van der Waals surface area contributed by atoms with Gasteiger partial charge in [0, 0.05) is 11.9 Å². The second-order valence-corrected chi connectivity index (χ2v) is 5.72. The van der Waals surface area contributed by atoms with E-state index < -0.39 is 0 Å². The summed E-state index contributed by atoms with van der Waals surface area (Å²) >= 11 is 1.71. The van der Waals surface area contributed by atoms with Gasteiger partial charge in [0.1, 0.15) is 5.82 Å². The number of thiazole rings is 1. The highest BCUT2D eigenvalue weighted by Crippen LogP contribution is 2.13. The molecule has 0 aromatic carbocycles. The Bertz CT molecular complexity index is 284. The van der Waals surface area contributed by atoms with Crippen molar-refractivity contribution >= 4 is 17.2 Å². The first-order valence-corrected chi connectivity index (χ1v) is 7.87. The van der Waals surface area contributed by atoms with Crippen LogP contribution < -0.4 is 5.32 Å². The van der Waals surface area contributed by atoms with Gasteiger partial charge in [0.15, 0.2) is 0 Å². The van der Waals surface area contributed by atoms with Gasteiger partial charge in [0.25, 0.3) is 0 Å². The standard InChI is InChI=1S/C14H26N2S/c1-3-4-5-6-7-8-9-10-11-15-14-12-17-13(2)16-14/h12,15H,3-11H2,1-2H3. The molecule has 0 aliphatic heterocycles. The lowest BCUT2D eigenvalue weighted by atomic mass is 10.1. The smallest absolute Gasteiger partial charge is 0.137 e. The molecule has 17 heavy (non-hydrogen) atoms. The Morgan fingerprint density at radius 2 is 1.71 bits per heavy atom. The third-order valence-corrected chi connectivity index (χ3v) is 3.73. The number of nitrogens with zero attached hydrogens (tertiary/aromatic N) is 1. The molecule has 1 N–H and O–H groups in total. The van der Waals surface area contributed by atoms with E-state index in [1.54, 1.807) is 11.3 Å².